The lowest BCUT2D eigenvalue weighted by Gasteiger charge is -2.30. The first-order valence-corrected chi connectivity index (χ1v) is 8.32. The van der Waals surface area contributed by atoms with Crippen molar-refractivity contribution in [1.29, 1.82) is 0 Å². The molecule has 1 fully saturated rings. The molecule has 0 atom stereocenters. The molecule has 6 heteroatoms. The summed E-state index contributed by atoms with van der Waals surface area (Å²) in [5.74, 6) is 0. The van der Waals surface area contributed by atoms with Gasteiger partial charge in [-0.15, -0.1) is 0 Å². The molecule has 0 aromatic carbocycles. The van der Waals surface area contributed by atoms with Crippen molar-refractivity contribution in [2.45, 2.75) is 77.6 Å². The number of alkyl carbamates (subject to hydrolysis) is 1. The van der Waals surface area contributed by atoms with Crippen LogP contribution < -0.4 is 10.6 Å². The standard InChI is InChI=1S/C17H28N4O2/c1-12-9-19-15(10-18-12)11-20-13-5-7-14(8-6-13)21-16(22)23-17(2,3)4/h9-10,13-14,20H,5-8,11H2,1-4H3,(H,21,22). The minimum absolute atomic E-state index is 0.210. The van der Waals surface area contributed by atoms with E-state index in [1.807, 2.05) is 33.9 Å². The highest BCUT2D eigenvalue weighted by Gasteiger charge is 2.24. The van der Waals surface area contributed by atoms with Crippen molar-refractivity contribution < 1.29 is 9.53 Å². The summed E-state index contributed by atoms with van der Waals surface area (Å²) >= 11 is 0. The third-order valence-corrected chi connectivity index (χ3v) is 3.85. The Kier molecular flexibility index (Phi) is 5.93. The van der Waals surface area contributed by atoms with Gasteiger partial charge in [0.25, 0.3) is 0 Å². The van der Waals surface area contributed by atoms with E-state index in [1.54, 1.807) is 6.20 Å². The Morgan fingerprint density at radius 3 is 2.39 bits per heavy atom. The van der Waals surface area contributed by atoms with Crippen molar-refractivity contribution in [2.24, 2.45) is 0 Å². The van der Waals surface area contributed by atoms with Gasteiger partial charge in [0.05, 0.1) is 11.4 Å². The maximum absolute atomic E-state index is 11.8. The second-order valence-electron chi connectivity index (χ2n) is 7.22. The average molecular weight is 320 g/mol. The summed E-state index contributed by atoms with van der Waals surface area (Å²) in [5.41, 5.74) is 1.45. The van der Waals surface area contributed by atoms with E-state index in [0.29, 0.717) is 6.04 Å². The number of nitrogens with one attached hydrogen (secondary N) is 2. The highest BCUT2D eigenvalue weighted by Crippen LogP contribution is 2.19. The lowest BCUT2D eigenvalue weighted by molar-refractivity contribution is 0.0489. The highest BCUT2D eigenvalue weighted by molar-refractivity contribution is 5.68. The molecule has 0 bridgehead atoms. The first-order chi connectivity index (χ1) is 10.8. The molecule has 0 saturated heterocycles. The van der Waals surface area contributed by atoms with Crippen LogP contribution in [0.1, 0.15) is 57.8 Å². The summed E-state index contributed by atoms with van der Waals surface area (Å²) in [7, 11) is 0. The molecule has 6 nitrogen and oxygen atoms in total. The third-order valence-electron chi connectivity index (χ3n) is 3.85. The van der Waals surface area contributed by atoms with Gasteiger partial charge in [0.2, 0.25) is 0 Å². The lowest BCUT2D eigenvalue weighted by atomic mass is 9.91. The number of carbonyl (C=O) groups is 1. The normalized spacial score (nSPS) is 21.7. The molecule has 0 aliphatic heterocycles. The van der Waals surface area contributed by atoms with E-state index in [-0.39, 0.29) is 12.1 Å². The SMILES string of the molecule is Cc1cnc(CNC2CCC(NC(=O)OC(C)(C)C)CC2)cn1. The fraction of sp³-hybridized carbons (Fsp3) is 0.706. The Hall–Kier alpha value is -1.69. The van der Waals surface area contributed by atoms with Crippen molar-refractivity contribution in [1.82, 2.24) is 20.6 Å². The summed E-state index contributed by atoms with van der Waals surface area (Å²) in [4.78, 5) is 20.4. The Morgan fingerprint density at radius 1 is 1.17 bits per heavy atom. The molecular weight excluding hydrogens is 292 g/mol. The predicted octanol–water partition coefficient (Wildman–Crippen LogP) is 2.71. The monoisotopic (exact) mass is 320 g/mol. The maximum Gasteiger partial charge on any atom is 0.407 e. The number of nitrogens with zero attached hydrogens (tertiary/aromatic N) is 2. The van der Waals surface area contributed by atoms with Crippen LogP contribution in [0.2, 0.25) is 0 Å². The Labute approximate surface area is 138 Å². The highest BCUT2D eigenvalue weighted by atomic mass is 16.6. The zero-order valence-electron chi connectivity index (χ0n) is 14.6. The molecule has 1 amide bonds. The first-order valence-electron chi connectivity index (χ1n) is 8.32. The Balaban J connectivity index is 1.67. The number of carbonyl (C=O) groups excluding carboxylic acids is 1. The molecule has 23 heavy (non-hydrogen) atoms. The van der Waals surface area contributed by atoms with Gasteiger partial charge in [0, 0.05) is 31.0 Å². The van der Waals surface area contributed by atoms with E-state index in [4.69, 9.17) is 4.74 Å². The quantitative estimate of drug-likeness (QED) is 0.892. The minimum Gasteiger partial charge on any atom is -0.444 e. The van der Waals surface area contributed by atoms with Crippen LogP contribution in [0.5, 0.6) is 0 Å². The smallest absolute Gasteiger partial charge is 0.407 e. The molecule has 2 rings (SSSR count). The van der Waals surface area contributed by atoms with Gasteiger partial charge in [-0.25, -0.2) is 4.79 Å². The minimum atomic E-state index is -0.447. The van der Waals surface area contributed by atoms with Crippen molar-refractivity contribution in [3.8, 4) is 0 Å². The fourth-order valence-electron chi connectivity index (χ4n) is 2.68. The molecule has 0 radical (unpaired) electrons. The van der Waals surface area contributed by atoms with Crippen LogP contribution in [-0.4, -0.2) is 33.7 Å². The van der Waals surface area contributed by atoms with E-state index in [0.717, 1.165) is 43.6 Å². The summed E-state index contributed by atoms with van der Waals surface area (Å²) < 4.78 is 5.30. The fourth-order valence-corrected chi connectivity index (χ4v) is 2.68. The van der Waals surface area contributed by atoms with Gasteiger partial charge in [-0.1, -0.05) is 0 Å². The first kappa shape index (κ1) is 17.7. The molecule has 0 unspecified atom stereocenters. The van der Waals surface area contributed by atoms with Crippen LogP contribution in [0.15, 0.2) is 12.4 Å². The molecule has 1 saturated carbocycles. The zero-order valence-corrected chi connectivity index (χ0v) is 14.6. The van der Waals surface area contributed by atoms with Crippen molar-refractivity contribution in [3.05, 3.63) is 23.8 Å². The predicted molar refractivity (Wildman–Crippen MR) is 89.0 cm³/mol. The molecule has 1 aliphatic carbocycles. The number of rotatable bonds is 4. The Morgan fingerprint density at radius 2 is 1.83 bits per heavy atom. The van der Waals surface area contributed by atoms with Gasteiger partial charge in [0.15, 0.2) is 0 Å². The molecule has 1 heterocycles. The van der Waals surface area contributed by atoms with Gasteiger partial charge >= 0.3 is 6.09 Å². The van der Waals surface area contributed by atoms with Crippen LogP contribution in [-0.2, 0) is 11.3 Å². The average Bonchev–Trinajstić information content (AvgIpc) is 2.46. The molecule has 1 aromatic heterocycles. The Bertz CT molecular complexity index is 502. The number of ether oxygens (including phenoxy) is 1. The molecule has 1 aliphatic rings. The topological polar surface area (TPSA) is 76.1 Å². The van der Waals surface area contributed by atoms with Crippen LogP contribution in [0.4, 0.5) is 4.79 Å². The second-order valence-corrected chi connectivity index (χ2v) is 7.22. The number of hydrogen-bond acceptors (Lipinski definition) is 5. The van der Waals surface area contributed by atoms with E-state index in [1.165, 1.54) is 0 Å². The van der Waals surface area contributed by atoms with Crippen molar-refractivity contribution in [3.63, 3.8) is 0 Å². The zero-order chi connectivity index (χ0) is 16.9. The number of aryl methyl sites for hydroxylation is 1. The number of aromatic nitrogens is 2. The van der Waals surface area contributed by atoms with E-state index < -0.39 is 5.60 Å². The molecule has 2 N–H and O–H groups in total. The molecule has 1 aromatic rings. The second kappa shape index (κ2) is 7.73. The largest absolute Gasteiger partial charge is 0.444 e. The number of hydrogen-bond donors (Lipinski definition) is 2. The molecule has 0 spiro atoms. The van der Waals surface area contributed by atoms with Gasteiger partial charge in [0.1, 0.15) is 5.60 Å². The van der Waals surface area contributed by atoms with Crippen LogP contribution in [0.3, 0.4) is 0 Å². The van der Waals surface area contributed by atoms with Crippen molar-refractivity contribution in [2.75, 3.05) is 0 Å². The summed E-state index contributed by atoms with van der Waals surface area (Å²) in [6.45, 7) is 8.30. The maximum atomic E-state index is 11.8. The molecule has 128 valence electrons. The van der Waals surface area contributed by atoms with Crippen LogP contribution in [0, 0.1) is 6.92 Å². The van der Waals surface area contributed by atoms with Gasteiger partial charge < -0.3 is 15.4 Å². The van der Waals surface area contributed by atoms with Gasteiger partial charge in [-0.3, -0.25) is 9.97 Å². The summed E-state index contributed by atoms with van der Waals surface area (Å²) in [5, 5.41) is 6.49. The summed E-state index contributed by atoms with van der Waals surface area (Å²) in [6.07, 6.45) is 7.31. The number of amides is 1. The lowest BCUT2D eigenvalue weighted by Crippen LogP contribution is -2.43. The van der Waals surface area contributed by atoms with Gasteiger partial charge in [-0.2, -0.15) is 0 Å². The van der Waals surface area contributed by atoms with Crippen LogP contribution in [0.25, 0.3) is 0 Å². The van der Waals surface area contributed by atoms with E-state index >= 15 is 0 Å². The van der Waals surface area contributed by atoms with Crippen molar-refractivity contribution >= 4 is 6.09 Å². The van der Waals surface area contributed by atoms with Crippen LogP contribution >= 0.6 is 0 Å². The van der Waals surface area contributed by atoms with E-state index in [2.05, 4.69) is 20.6 Å². The van der Waals surface area contributed by atoms with Gasteiger partial charge in [-0.05, 0) is 53.4 Å². The van der Waals surface area contributed by atoms with E-state index in [9.17, 15) is 4.79 Å². The molecular formula is C17H28N4O2. The third kappa shape index (κ3) is 6.52. The summed E-state index contributed by atoms with van der Waals surface area (Å²) in [6, 6.07) is 0.678.